The summed E-state index contributed by atoms with van der Waals surface area (Å²) < 4.78 is 0. The van der Waals surface area contributed by atoms with E-state index < -0.39 is 6.04 Å². The van der Waals surface area contributed by atoms with E-state index in [-0.39, 0.29) is 36.6 Å². The molecule has 32 heavy (non-hydrogen) atoms. The molecule has 0 saturated heterocycles. The lowest BCUT2D eigenvalue weighted by molar-refractivity contribution is -0.122. The zero-order valence-corrected chi connectivity index (χ0v) is 18.5. The number of rotatable bonds is 8. The van der Waals surface area contributed by atoms with Gasteiger partial charge in [0.2, 0.25) is 11.8 Å². The third kappa shape index (κ3) is 4.94. The Morgan fingerprint density at radius 1 is 1.16 bits per heavy atom. The summed E-state index contributed by atoms with van der Waals surface area (Å²) in [6, 6.07) is 13.5. The first-order chi connectivity index (χ1) is 15.5. The molecule has 166 valence electrons. The molecule has 0 saturated carbocycles. The second kappa shape index (κ2) is 9.86. The summed E-state index contributed by atoms with van der Waals surface area (Å²) >= 11 is 1.70. The van der Waals surface area contributed by atoms with Gasteiger partial charge in [0, 0.05) is 6.42 Å². The number of thioether (sulfide) groups is 1. The minimum atomic E-state index is -0.781. The van der Waals surface area contributed by atoms with E-state index in [0.29, 0.717) is 17.1 Å². The molecule has 0 unspecified atom stereocenters. The van der Waals surface area contributed by atoms with Crippen LogP contribution in [0.5, 0.6) is 0 Å². The molecule has 3 aromatic rings. The quantitative estimate of drug-likeness (QED) is 0.420. The van der Waals surface area contributed by atoms with Crippen LogP contribution in [0.15, 0.2) is 48.5 Å². The molecule has 8 nitrogen and oxygen atoms in total. The van der Waals surface area contributed by atoms with Crippen LogP contribution in [0.4, 0.5) is 5.69 Å². The Morgan fingerprint density at radius 3 is 2.75 bits per heavy atom. The predicted molar refractivity (Wildman–Crippen MR) is 126 cm³/mol. The molecular formula is C23H25N5O3S. The highest BCUT2D eigenvalue weighted by atomic mass is 32.2. The van der Waals surface area contributed by atoms with Gasteiger partial charge in [0.1, 0.15) is 11.9 Å². The van der Waals surface area contributed by atoms with Crippen LogP contribution < -0.4 is 16.0 Å². The Balaban J connectivity index is 1.40. The molecule has 0 bridgehead atoms. The molecule has 0 aliphatic carbocycles. The van der Waals surface area contributed by atoms with Crippen molar-refractivity contribution >= 4 is 46.2 Å². The summed E-state index contributed by atoms with van der Waals surface area (Å²) in [6.45, 7) is 0. The average molecular weight is 452 g/mol. The zero-order chi connectivity index (χ0) is 22.5. The first kappa shape index (κ1) is 21.9. The maximum atomic E-state index is 12.7. The van der Waals surface area contributed by atoms with E-state index in [2.05, 4.69) is 25.9 Å². The minimum Gasteiger partial charge on any atom is -0.346 e. The van der Waals surface area contributed by atoms with E-state index in [1.807, 2.05) is 30.5 Å². The van der Waals surface area contributed by atoms with Crippen LogP contribution in [-0.2, 0) is 9.59 Å². The fraction of sp³-hybridized carbons (Fsp3) is 0.304. The number of carbonyl (C=O) groups excluding carboxylic acids is 3. The van der Waals surface area contributed by atoms with Gasteiger partial charge in [-0.25, -0.2) is 4.98 Å². The lowest BCUT2D eigenvalue weighted by Crippen LogP contribution is -2.42. The highest BCUT2D eigenvalue weighted by Gasteiger charge is 2.28. The molecule has 2 atom stereocenters. The normalized spacial score (nSPS) is 16.6. The molecule has 4 N–H and O–H groups in total. The minimum absolute atomic E-state index is 0.102. The van der Waals surface area contributed by atoms with Crippen molar-refractivity contribution in [3.05, 3.63) is 59.9 Å². The second-order valence-corrected chi connectivity index (χ2v) is 8.63. The number of nitrogens with zero attached hydrogens (tertiary/aromatic N) is 1. The fourth-order valence-corrected chi connectivity index (χ4v) is 4.18. The topological polar surface area (TPSA) is 116 Å². The van der Waals surface area contributed by atoms with E-state index in [1.54, 1.807) is 36.0 Å². The largest absolute Gasteiger partial charge is 0.346 e. The number of imidazole rings is 1. The van der Waals surface area contributed by atoms with Gasteiger partial charge in [-0.2, -0.15) is 11.8 Å². The number of H-pyrrole nitrogens is 1. The highest BCUT2D eigenvalue weighted by Crippen LogP contribution is 2.21. The molecule has 0 fully saturated rings. The number of hydrogen-bond acceptors (Lipinski definition) is 5. The number of aromatic amines is 1. The van der Waals surface area contributed by atoms with E-state index in [9.17, 15) is 14.4 Å². The summed E-state index contributed by atoms with van der Waals surface area (Å²) in [5.74, 6) is 0.725. The Morgan fingerprint density at radius 2 is 1.94 bits per heavy atom. The molecule has 2 heterocycles. The molecule has 2 aromatic carbocycles. The maximum absolute atomic E-state index is 12.7. The summed E-state index contributed by atoms with van der Waals surface area (Å²) in [6.07, 6.45) is 3.04. The number of fused-ring (bicyclic) bond motifs is 2. The SMILES string of the molecule is CSCC[C@@H](NC(=O)CC[C@H]1NC(=O)c2ccccc2NC1=O)c1nc2ccccc2[nH]1. The molecule has 0 spiro atoms. The first-order valence-corrected chi connectivity index (χ1v) is 11.9. The van der Waals surface area contributed by atoms with Crippen molar-refractivity contribution in [1.29, 1.82) is 0 Å². The van der Waals surface area contributed by atoms with Gasteiger partial charge in [0.05, 0.1) is 28.3 Å². The van der Waals surface area contributed by atoms with Crippen LogP contribution in [0.25, 0.3) is 11.0 Å². The zero-order valence-electron chi connectivity index (χ0n) is 17.7. The van der Waals surface area contributed by atoms with Crippen molar-refractivity contribution < 1.29 is 14.4 Å². The lowest BCUT2D eigenvalue weighted by atomic mass is 10.1. The van der Waals surface area contributed by atoms with Gasteiger partial charge in [0.25, 0.3) is 5.91 Å². The Hall–Kier alpha value is -3.33. The standard InChI is InChI=1S/C23H25N5O3S/c1-32-13-12-18(21-25-16-8-4-5-9-17(16)26-21)24-20(29)11-10-19-23(31)27-15-7-3-2-6-14(15)22(30)28-19/h2-9,18-19H,10-13H2,1H3,(H,24,29)(H,25,26)(H,27,31)(H,28,30)/t18-,19-/m1/s1. The second-order valence-electron chi connectivity index (χ2n) is 7.64. The fourth-order valence-electron chi connectivity index (χ4n) is 3.71. The maximum Gasteiger partial charge on any atom is 0.254 e. The van der Waals surface area contributed by atoms with Crippen molar-refractivity contribution in [3.8, 4) is 0 Å². The van der Waals surface area contributed by atoms with Crippen LogP contribution in [-0.4, -0.2) is 45.7 Å². The van der Waals surface area contributed by atoms with Gasteiger partial charge < -0.3 is 20.9 Å². The van der Waals surface area contributed by atoms with Crippen LogP contribution in [0.3, 0.4) is 0 Å². The molecule has 1 aliphatic rings. The Labute approximate surface area is 189 Å². The average Bonchev–Trinajstić information content (AvgIpc) is 3.18. The molecule has 9 heteroatoms. The molecule has 1 aromatic heterocycles. The number of anilines is 1. The molecule has 0 radical (unpaired) electrons. The molecule has 4 rings (SSSR count). The van der Waals surface area contributed by atoms with Crippen molar-refractivity contribution in [2.75, 3.05) is 17.3 Å². The number of nitrogens with one attached hydrogen (secondary N) is 4. The van der Waals surface area contributed by atoms with Gasteiger partial charge in [-0.15, -0.1) is 0 Å². The Kier molecular flexibility index (Phi) is 6.75. The van der Waals surface area contributed by atoms with Crippen molar-refractivity contribution in [1.82, 2.24) is 20.6 Å². The molecule has 1 aliphatic heterocycles. The summed E-state index contributed by atoms with van der Waals surface area (Å²) in [7, 11) is 0. The van der Waals surface area contributed by atoms with E-state index in [0.717, 1.165) is 23.2 Å². The van der Waals surface area contributed by atoms with E-state index in [4.69, 9.17) is 0 Å². The monoisotopic (exact) mass is 451 g/mol. The third-order valence-corrected chi connectivity index (χ3v) is 6.04. The van der Waals surface area contributed by atoms with Crippen molar-refractivity contribution in [2.45, 2.75) is 31.3 Å². The first-order valence-electron chi connectivity index (χ1n) is 10.5. The van der Waals surface area contributed by atoms with Crippen LogP contribution in [0.1, 0.15) is 41.5 Å². The van der Waals surface area contributed by atoms with Gasteiger partial charge in [0.15, 0.2) is 0 Å². The van der Waals surface area contributed by atoms with Crippen molar-refractivity contribution in [3.63, 3.8) is 0 Å². The van der Waals surface area contributed by atoms with Gasteiger partial charge in [-0.05, 0) is 49.1 Å². The number of para-hydroxylation sites is 3. The smallest absolute Gasteiger partial charge is 0.254 e. The third-order valence-electron chi connectivity index (χ3n) is 5.40. The number of carbonyl (C=O) groups is 3. The molecular weight excluding hydrogens is 426 g/mol. The van der Waals surface area contributed by atoms with E-state index >= 15 is 0 Å². The van der Waals surface area contributed by atoms with Gasteiger partial charge >= 0.3 is 0 Å². The van der Waals surface area contributed by atoms with Gasteiger partial charge in [-0.3, -0.25) is 14.4 Å². The van der Waals surface area contributed by atoms with Crippen LogP contribution in [0, 0.1) is 0 Å². The summed E-state index contributed by atoms with van der Waals surface area (Å²) in [5, 5.41) is 8.53. The predicted octanol–water partition coefficient (Wildman–Crippen LogP) is 3.00. The number of benzene rings is 2. The number of amides is 3. The lowest BCUT2D eigenvalue weighted by Gasteiger charge is -2.18. The molecule has 3 amide bonds. The highest BCUT2D eigenvalue weighted by molar-refractivity contribution is 7.98. The summed E-state index contributed by atoms with van der Waals surface area (Å²) in [4.78, 5) is 45.7. The number of aromatic nitrogens is 2. The Bertz CT molecular complexity index is 1110. The van der Waals surface area contributed by atoms with Crippen molar-refractivity contribution in [2.24, 2.45) is 0 Å². The van der Waals surface area contributed by atoms with Crippen LogP contribution in [0.2, 0.25) is 0 Å². The summed E-state index contributed by atoms with van der Waals surface area (Å²) in [5.41, 5.74) is 2.66. The number of hydrogen-bond donors (Lipinski definition) is 4. The van der Waals surface area contributed by atoms with E-state index in [1.165, 1.54) is 0 Å². The van der Waals surface area contributed by atoms with Gasteiger partial charge in [-0.1, -0.05) is 24.3 Å². The van der Waals surface area contributed by atoms with Crippen LogP contribution >= 0.6 is 11.8 Å².